The molecule has 0 radical (unpaired) electrons. The van der Waals surface area contributed by atoms with Gasteiger partial charge in [-0.25, -0.2) is 4.39 Å². The van der Waals surface area contributed by atoms with E-state index < -0.39 is 29.9 Å². The van der Waals surface area contributed by atoms with Crippen LogP contribution in [0.4, 0.5) is 17.6 Å². The Morgan fingerprint density at radius 3 is 2.62 bits per heavy atom. The van der Waals surface area contributed by atoms with Crippen molar-refractivity contribution >= 4 is 0 Å². The average molecular weight is 306 g/mol. The molecule has 0 heterocycles. The van der Waals surface area contributed by atoms with Crippen LogP contribution in [0.2, 0.25) is 0 Å². The summed E-state index contributed by atoms with van der Waals surface area (Å²) in [7, 11) is 1.38. The van der Waals surface area contributed by atoms with Gasteiger partial charge in [0.25, 0.3) is 0 Å². The van der Waals surface area contributed by atoms with Crippen LogP contribution in [0.15, 0.2) is 18.2 Å². The van der Waals surface area contributed by atoms with Crippen LogP contribution in [-0.2, 0) is 0 Å². The highest BCUT2D eigenvalue weighted by Crippen LogP contribution is 2.45. The van der Waals surface area contributed by atoms with Gasteiger partial charge in [0.15, 0.2) is 0 Å². The lowest BCUT2D eigenvalue weighted by Gasteiger charge is -2.33. The Morgan fingerprint density at radius 1 is 1.29 bits per heavy atom. The molecule has 21 heavy (non-hydrogen) atoms. The first-order valence-corrected chi connectivity index (χ1v) is 6.91. The summed E-state index contributed by atoms with van der Waals surface area (Å²) in [6.45, 7) is 0. The maximum absolute atomic E-state index is 13.3. The molecule has 0 aromatic heterocycles. The van der Waals surface area contributed by atoms with Gasteiger partial charge >= 0.3 is 6.18 Å². The van der Waals surface area contributed by atoms with E-state index in [1.165, 1.54) is 19.2 Å². The summed E-state index contributed by atoms with van der Waals surface area (Å²) in [5, 5.41) is 10.4. The molecule has 1 aliphatic rings. The molecule has 6 heteroatoms. The average Bonchev–Trinajstić information content (AvgIpc) is 2.45. The summed E-state index contributed by atoms with van der Waals surface area (Å²) in [6.07, 6.45) is -4.54. The number of hydrogen-bond acceptors (Lipinski definition) is 2. The second kappa shape index (κ2) is 6.22. The molecule has 3 atom stereocenters. The third-order valence-electron chi connectivity index (χ3n) is 4.13. The number of rotatable bonds is 3. The van der Waals surface area contributed by atoms with Gasteiger partial charge in [-0.2, -0.15) is 13.2 Å². The molecule has 1 aromatic rings. The fraction of sp³-hybridized carbons (Fsp3) is 0.600. The SMILES string of the molecule is COc1ccc(F)cc1C(O)C1CCCC(C(F)(F)F)C1. The molecule has 1 aliphatic carbocycles. The molecule has 1 fully saturated rings. The summed E-state index contributed by atoms with van der Waals surface area (Å²) in [5.41, 5.74) is 0.213. The largest absolute Gasteiger partial charge is 0.496 e. The van der Waals surface area contributed by atoms with Crippen LogP contribution in [-0.4, -0.2) is 18.4 Å². The Hall–Kier alpha value is -1.30. The van der Waals surface area contributed by atoms with Gasteiger partial charge < -0.3 is 9.84 Å². The molecule has 0 saturated heterocycles. The van der Waals surface area contributed by atoms with E-state index in [0.717, 1.165) is 6.07 Å². The minimum absolute atomic E-state index is 0.0903. The quantitative estimate of drug-likeness (QED) is 0.847. The first-order chi connectivity index (χ1) is 9.82. The van der Waals surface area contributed by atoms with Crippen molar-refractivity contribution < 1.29 is 27.4 Å². The van der Waals surface area contributed by atoms with E-state index in [0.29, 0.717) is 12.8 Å². The van der Waals surface area contributed by atoms with Crippen LogP contribution in [0.3, 0.4) is 0 Å². The number of ether oxygens (including phenoxy) is 1. The third-order valence-corrected chi connectivity index (χ3v) is 4.13. The Morgan fingerprint density at radius 2 is 2.00 bits per heavy atom. The third kappa shape index (κ3) is 3.67. The number of halogens is 4. The lowest BCUT2D eigenvalue weighted by atomic mass is 9.76. The lowest BCUT2D eigenvalue weighted by Crippen LogP contribution is -2.31. The molecule has 1 aromatic carbocycles. The molecular weight excluding hydrogens is 288 g/mol. The van der Waals surface area contributed by atoms with E-state index in [-0.39, 0.29) is 24.2 Å². The van der Waals surface area contributed by atoms with Crippen molar-refractivity contribution in [2.24, 2.45) is 11.8 Å². The normalized spacial score (nSPS) is 24.7. The molecule has 0 bridgehead atoms. The second-order valence-corrected chi connectivity index (χ2v) is 5.50. The van der Waals surface area contributed by atoms with Gasteiger partial charge in [-0.3, -0.25) is 0 Å². The molecule has 118 valence electrons. The van der Waals surface area contributed by atoms with Crippen molar-refractivity contribution in [1.82, 2.24) is 0 Å². The van der Waals surface area contributed by atoms with Crippen molar-refractivity contribution in [3.8, 4) is 5.75 Å². The molecule has 3 unspecified atom stereocenters. The highest BCUT2D eigenvalue weighted by atomic mass is 19.4. The van der Waals surface area contributed by atoms with Gasteiger partial charge in [-0.15, -0.1) is 0 Å². The van der Waals surface area contributed by atoms with Crippen LogP contribution in [0.1, 0.15) is 37.4 Å². The van der Waals surface area contributed by atoms with Gasteiger partial charge in [0.05, 0.1) is 19.1 Å². The molecule has 2 rings (SSSR count). The fourth-order valence-corrected chi connectivity index (χ4v) is 3.00. The van der Waals surface area contributed by atoms with E-state index in [1.807, 2.05) is 0 Å². The predicted octanol–water partition coefficient (Wildman–Crippen LogP) is 4.24. The molecule has 2 nitrogen and oxygen atoms in total. The van der Waals surface area contributed by atoms with Crippen LogP contribution in [0, 0.1) is 17.7 Å². The highest BCUT2D eigenvalue weighted by molar-refractivity contribution is 5.36. The van der Waals surface area contributed by atoms with Crippen LogP contribution in [0.5, 0.6) is 5.75 Å². The van der Waals surface area contributed by atoms with Crippen molar-refractivity contribution in [2.45, 2.75) is 38.0 Å². The van der Waals surface area contributed by atoms with Gasteiger partial charge in [-0.1, -0.05) is 6.42 Å². The standard InChI is InChI=1S/C15H18F4O2/c1-21-13-6-5-11(16)8-12(13)14(20)9-3-2-4-10(7-9)15(17,18)19/h5-6,8-10,14,20H,2-4,7H2,1H3. The van der Waals surface area contributed by atoms with E-state index in [2.05, 4.69) is 0 Å². The molecule has 1 N–H and O–H groups in total. The zero-order chi connectivity index (χ0) is 15.6. The zero-order valence-electron chi connectivity index (χ0n) is 11.7. The van der Waals surface area contributed by atoms with Crippen LogP contribution in [0.25, 0.3) is 0 Å². The van der Waals surface area contributed by atoms with Crippen LogP contribution >= 0.6 is 0 Å². The van der Waals surface area contributed by atoms with Gasteiger partial charge in [0, 0.05) is 5.56 Å². The highest BCUT2D eigenvalue weighted by Gasteiger charge is 2.43. The fourth-order valence-electron chi connectivity index (χ4n) is 3.00. The first kappa shape index (κ1) is 16.1. The van der Waals surface area contributed by atoms with Gasteiger partial charge in [0.2, 0.25) is 0 Å². The summed E-state index contributed by atoms with van der Waals surface area (Å²) in [6, 6.07) is 3.69. The number of aliphatic hydroxyl groups excluding tert-OH is 1. The Labute approximate surface area is 120 Å². The Bertz CT molecular complexity index is 487. The molecule has 1 saturated carbocycles. The van der Waals surface area contributed by atoms with Gasteiger partial charge in [0.1, 0.15) is 11.6 Å². The number of aliphatic hydroxyl groups is 1. The Kier molecular flexibility index (Phi) is 4.76. The van der Waals surface area contributed by atoms with E-state index in [1.54, 1.807) is 0 Å². The Balaban J connectivity index is 2.19. The van der Waals surface area contributed by atoms with E-state index in [9.17, 15) is 22.7 Å². The smallest absolute Gasteiger partial charge is 0.391 e. The van der Waals surface area contributed by atoms with Crippen molar-refractivity contribution in [3.63, 3.8) is 0 Å². The number of alkyl halides is 3. The summed E-state index contributed by atoms with van der Waals surface area (Å²) in [5.74, 6) is -2.20. The molecular formula is C15H18F4O2. The molecule has 0 amide bonds. The molecule has 0 spiro atoms. The minimum Gasteiger partial charge on any atom is -0.496 e. The van der Waals surface area contributed by atoms with Crippen LogP contribution < -0.4 is 4.74 Å². The summed E-state index contributed by atoms with van der Waals surface area (Å²) < 4.78 is 56.9. The maximum Gasteiger partial charge on any atom is 0.391 e. The van der Waals surface area contributed by atoms with E-state index >= 15 is 0 Å². The van der Waals surface area contributed by atoms with Gasteiger partial charge in [-0.05, 0) is 43.4 Å². The predicted molar refractivity (Wildman–Crippen MR) is 69.4 cm³/mol. The first-order valence-electron chi connectivity index (χ1n) is 6.91. The minimum atomic E-state index is -4.25. The summed E-state index contributed by atoms with van der Waals surface area (Å²) in [4.78, 5) is 0. The number of benzene rings is 1. The topological polar surface area (TPSA) is 29.5 Å². The number of hydrogen-bond donors (Lipinski definition) is 1. The van der Waals surface area contributed by atoms with E-state index in [4.69, 9.17) is 4.74 Å². The van der Waals surface area contributed by atoms with Crippen molar-refractivity contribution in [1.29, 1.82) is 0 Å². The maximum atomic E-state index is 13.3. The molecule has 0 aliphatic heterocycles. The monoisotopic (exact) mass is 306 g/mol. The zero-order valence-corrected chi connectivity index (χ0v) is 11.7. The summed E-state index contributed by atoms with van der Waals surface area (Å²) >= 11 is 0. The van der Waals surface area contributed by atoms with Crippen molar-refractivity contribution in [2.75, 3.05) is 7.11 Å². The second-order valence-electron chi connectivity index (χ2n) is 5.50. The number of methoxy groups -OCH3 is 1. The lowest BCUT2D eigenvalue weighted by molar-refractivity contribution is -0.189. The van der Waals surface area contributed by atoms with Crippen molar-refractivity contribution in [3.05, 3.63) is 29.6 Å².